The SMILES string of the molecule is CC(C)C(=O)[C@H](C(C)C)N(C)C(C)C. The van der Waals surface area contributed by atoms with Crippen LogP contribution in [-0.4, -0.2) is 29.8 Å². The monoisotopic (exact) mass is 199 g/mol. The van der Waals surface area contributed by atoms with Gasteiger partial charge in [0, 0.05) is 12.0 Å². The van der Waals surface area contributed by atoms with Crippen LogP contribution in [0.3, 0.4) is 0 Å². The van der Waals surface area contributed by atoms with Crippen molar-refractivity contribution in [3.63, 3.8) is 0 Å². The molecule has 2 nitrogen and oxygen atoms in total. The summed E-state index contributed by atoms with van der Waals surface area (Å²) in [4.78, 5) is 14.2. The first kappa shape index (κ1) is 13.6. The van der Waals surface area contributed by atoms with Gasteiger partial charge in [0.1, 0.15) is 0 Å². The smallest absolute Gasteiger partial charge is 0.152 e. The Hall–Kier alpha value is -0.370. The summed E-state index contributed by atoms with van der Waals surface area (Å²) in [5.74, 6) is 0.872. The molecule has 0 spiro atoms. The molecule has 0 bridgehead atoms. The third kappa shape index (κ3) is 3.41. The minimum atomic E-state index is 0.0648. The maximum Gasteiger partial charge on any atom is 0.152 e. The summed E-state index contributed by atoms with van der Waals surface area (Å²) in [6.07, 6.45) is 0. The lowest BCUT2D eigenvalue weighted by atomic mass is 9.91. The van der Waals surface area contributed by atoms with Gasteiger partial charge in [0.15, 0.2) is 5.78 Å². The van der Waals surface area contributed by atoms with Gasteiger partial charge in [0.05, 0.1) is 6.04 Å². The van der Waals surface area contributed by atoms with Crippen molar-refractivity contribution in [2.45, 2.75) is 53.6 Å². The number of Topliss-reactive ketones (excluding diaryl/α,β-unsaturated/α-hetero) is 1. The Morgan fingerprint density at radius 1 is 1.00 bits per heavy atom. The molecule has 0 rings (SSSR count). The van der Waals surface area contributed by atoms with Gasteiger partial charge in [-0.25, -0.2) is 0 Å². The highest BCUT2D eigenvalue weighted by Gasteiger charge is 2.29. The minimum Gasteiger partial charge on any atom is -0.298 e. The molecule has 0 fully saturated rings. The third-order valence-corrected chi connectivity index (χ3v) is 2.75. The molecule has 0 aliphatic heterocycles. The van der Waals surface area contributed by atoms with E-state index in [-0.39, 0.29) is 12.0 Å². The number of rotatable bonds is 5. The van der Waals surface area contributed by atoms with Gasteiger partial charge >= 0.3 is 0 Å². The fourth-order valence-electron chi connectivity index (χ4n) is 1.66. The van der Waals surface area contributed by atoms with Crippen molar-refractivity contribution in [1.29, 1.82) is 0 Å². The molecule has 0 aliphatic carbocycles. The first-order valence-electron chi connectivity index (χ1n) is 5.54. The van der Waals surface area contributed by atoms with E-state index in [1.54, 1.807) is 0 Å². The number of likely N-dealkylation sites (N-methyl/N-ethyl adjacent to an activating group) is 1. The van der Waals surface area contributed by atoms with Crippen molar-refractivity contribution in [3.8, 4) is 0 Å². The van der Waals surface area contributed by atoms with Crippen LogP contribution in [0.1, 0.15) is 41.5 Å². The van der Waals surface area contributed by atoms with Crippen LogP contribution in [0.5, 0.6) is 0 Å². The largest absolute Gasteiger partial charge is 0.298 e. The van der Waals surface area contributed by atoms with E-state index in [1.807, 2.05) is 20.9 Å². The standard InChI is InChI=1S/C12H25NO/c1-8(2)11(12(14)9(3)4)13(7)10(5)6/h8-11H,1-7H3/t11-/m0/s1. The minimum absolute atomic E-state index is 0.0648. The molecule has 0 unspecified atom stereocenters. The van der Waals surface area contributed by atoms with Crippen LogP contribution < -0.4 is 0 Å². The van der Waals surface area contributed by atoms with Crippen LogP contribution in [0.4, 0.5) is 0 Å². The molecule has 0 aromatic carbocycles. The molecular weight excluding hydrogens is 174 g/mol. The van der Waals surface area contributed by atoms with E-state index < -0.39 is 0 Å². The van der Waals surface area contributed by atoms with E-state index in [9.17, 15) is 4.79 Å². The highest BCUT2D eigenvalue weighted by molar-refractivity contribution is 5.85. The Morgan fingerprint density at radius 3 is 1.64 bits per heavy atom. The topological polar surface area (TPSA) is 20.3 Å². The molecule has 14 heavy (non-hydrogen) atoms. The molecule has 0 radical (unpaired) electrons. The summed E-state index contributed by atoms with van der Waals surface area (Å²) in [5.41, 5.74) is 0. The Morgan fingerprint density at radius 2 is 1.43 bits per heavy atom. The Labute approximate surface area is 88.7 Å². The van der Waals surface area contributed by atoms with E-state index in [0.717, 1.165) is 0 Å². The Kier molecular flexibility index (Phi) is 5.35. The number of nitrogens with zero attached hydrogens (tertiary/aromatic N) is 1. The first-order chi connectivity index (χ1) is 6.29. The van der Waals surface area contributed by atoms with Gasteiger partial charge in [-0.05, 0) is 26.8 Å². The van der Waals surface area contributed by atoms with Crippen molar-refractivity contribution in [3.05, 3.63) is 0 Å². The molecule has 0 aromatic rings. The molecule has 0 saturated carbocycles. The van der Waals surface area contributed by atoms with Crippen LogP contribution in [0.25, 0.3) is 0 Å². The summed E-state index contributed by atoms with van der Waals surface area (Å²) in [7, 11) is 2.04. The number of hydrogen-bond acceptors (Lipinski definition) is 2. The number of hydrogen-bond donors (Lipinski definition) is 0. The zero-order chi connectivity index (χ0) is 11.5. The fraction of sp³-hybridized carbons (Fsp3) is 0.917. The zero-order valence-corrected chi connectivity index (χ0v) is 10.7. The van der Waals surface area contributed by atoms with Crippen molar-refractivity contribution in [1.82, 2.24) is 4.90 Å². The normalized spacial score (nSPS) is 14.5. The molecule has 0 saturated heterocycles. The molecule has 0 aromatic heterocycles. The van der Waals surface area contributed by atoms with Gasteiger partial charge in [-0.1, -0.05) is 27.7 Å². The van der Waals surface area contributed by atoms with E-state index in [1.165, 1.54) is 0 Å². The average Bonchev–Trinajstić information content (AvgIpc) is 2.03. The second kappa shape index (κ2) is 5.50. The Balaban J connectivity index is 4.68. The maximum absolute atomic E-state index is 12.0. The molecule has 1 atom stereocenters. The lowest BCUT2D eigenvalue weighted by Crippen LogP contribution is -2.47. The van der Waals surface area contributed by atoms with Gasteiger partial charge in [0.25, 0.3) is 0 Å². The van der Waals surface area contributed by atoms with Crippen LogP contribution >= 0.6 is 0 Å². The molecule has 84 valence electrons. The lowest BCUT2D eigenvalue weighted by molar-refractivity contribution is -0.129. The molecule has 0 N–H and O–H groups in total. The highest BCUT2D eigenvalue weighted by Crippen LogP contribution is 2.16. The van der Waals surface area contributed by atoms with E-state index >= 15 is 0 Å². The van der Waals surface area contributed by atoms with Crippen molar-refractivity contribution >= 4 is 5.78 Å². The summed E-state index contributed by atoms with van der Waals surface area (Å²) in [5, 5.41) is 0. The van der Waals surface area contributed by atoms with Crippen LogP contribution in [0.15, 0.2) is 0 Å². The van der Waals surface area contributed by atoms with Crippen LogP contribution in [0.2, 0.25) is 0 Å². The van der Waals surface area contributed by atoms with E-state index in [0.29, 0.717) is 17.7 Å². The Bertz CT molecular complexity index is 185. The van der Waals surface area contributed by atoms with Gasteiger partial charge in [-0.3, -0.25) is 9.69 Å². The van der Waals surface area contributed by atoms with E-state index in [4.69, 9.17) is 0 Å². The van der Waals surface area contributed by atoms with Crippen molar-refractivity contribution in [2.24, 2.45) is 11.8 Å². The van der Waals surface area contributed by atoms with Crippen molar-refractivity contribution < 1.29 is 4.79 Å². The van der Waals surface area contributed by atoms with Gasteiger partial charge < -0.3 is 0 Å². The molecule has 0 heterocycles. The molecule has 0 amide bonds. The highest BCUT2D eigenvalue weighted by atomic mass is 16.1. The second-order valence-electron chi connectivity index (χ2n) is 5.01. The third-order valence-electron chi connectivity index (χ3n) is 2.75. The fourth-order valence-corrected chi connectivity index (χ4v) is 1.66. The zero-order valence-electron chi connectivity index (χ0n) is 10.7. The van der Waals surface area contributed by atoms with Crippen LogP contribution in [0, 0.1) is 11.8 Å². The summed E-state index contributed by atoms with van der Waals surface area (Å²) < 4.78 is 0. The number of ketones is 1. The first-order valence-corrected chi connectivity index (χ1v) is 5.54. The van der Waals surface area contributed by atoms with Crippen LogP contribution in [-0.2, 0) is 4.79 Å². The van der Waals surface area contributed by atoms with Gasteiger partial charge in [-0.2, -0.15) is 0 Å². The second-order valence-corrected chi connectivity index (χ2v) is 5.01. The average molecular weight is 199 g/mol. The van der Waals surface area contributed by atoms with Gasteiger partial charge in [0.2, 0.25) is 0 Å². The molecule has 2 heteroatoms. The summed E-state index contributed by atoms with van der Waals surface area (Å²) in [6, 6.07) is 0.486. The predicted octanol–water partition coefficient (Wildman–Crippen LogP) is 2.58. The van der Waals surface area contributed by atoms with E-state index in [2.05, 4.69) is 32.6 Å². The summed E-state index contributed by atoms with van der Waals surface area (Å²) in [6.45, 7) is 12.4. The maximum atomic E-state index is 12.0. The van der Waals surface area contributed by atoms with Crippen molar-refractivity contribution in [2.75, 3.05) is 7.05 Å². The molecule has 0 aliphatic rings. The van der Waals surface area contributed by atoms with Gasteiger partial charge in [-0.15, -0.1) is 0 Å². The predicted molar refractivity (Wildman–Crippen MR) is 61.4 cm³/mol. The summed E-state index contributed by atoms with van der Waals surface area (Å²) >= 11 is 0. The number of carbonyl (C=O) groups excluding carboxylic acids is 1. The lowest BCUT2D eigenvalue weighted by Gasteiger charge is -2.34. The number of carbonyl (C=O) groups is 1. The molecular formula is C12H25NO. The quantitative estimate of drug-likeness (QED) is 0.678.